The van der Waals surface area contributed by atoms with Crippen LogP contribution in [-0.4, -0.2) is 62.1 Å². The number of benzene rings is 1. The smallest absolute Gasteiger partial charge is 0.243 e. The number of nitrogens with two attached hydrogens (primary N) is 1. The summed E-state index contributed by atoms with van der Waals surface area (Å²) >= 11 is 0. The lowest BCUT2D eigenvalue weighted by Gasteiger charge is -2.27. The Morgan fingerprint density at radius 3 is 2.50 bits per heavy atom. The first-order chi connectivity index (χ1) is 17.4. The molecule has 0 aromatic heterocycles. The van der Waals surface area contributed by atoms with Gasteiger partial charge in [-0.2, -0.15) is 0 Å². The van der Waals surface area contributed by atoms with E-state index in [-0.39, 0.29) is 23.6 Å². The fourth-order valence-electron chi connectivity index (χ4n) is 4.04. The lowest BCUT2D eigenvalue weighted by Crippen LogP contribution is -2.58. The zero-order valence-electron chi connectivity index (χ0n) is 21.8. The molecule has 0 spiro atoms. The Hall–Kier alpha value is -2.91. The molecule has 0 radical (unpaired) electrons. The molecular formula is C27H43N5O4. The third-order valence-corrected chi connectivity index (χ3v) is 6.08. The van der Waals surface area contributed by atoms with Crippen LogP contribution in [-0.2, 0) is 14.4 Å². The molecule has 0 fully saturated rings. The van der Waals surface area contributed by atoms with E-state index in [9.17, 15) is 14.4 Å². The molecule has 1 aliphatic heterocycles. The molecule has 0 unspecified atom stereocenters. The van der Waals surface area contributed by atoms with E-state index in [0.29, 0.717) is 39.1 Å². The van der Waals surface area contributed by atoms with Crippen molar-refractivity contribution in [1.82, 2.24) is 21.3 Å². The van der Waals surface area contributed by atoms with Gasteiger partial charge in [0.1, 0.15) is 24.4 Å². The van der Waals surface area contributed by atoms with Gasteiger partial charge in [-0.3, -0.25) is 14.4 Å². The zero-order chi connectivity index (χ0) is 26.3. The molecular weight excluding hydrogens is 458 g/mol. The van der Waals surface area contributed by atoms with E-state index >= 15 is 0 Å². The van der Waals surface area contributed by atoms with E-state index in [1.54, 1.807) is 0 Å². The molecule has 1 aliphatic rings. The molecule has 1 aromatic rings. The summed E-state index contributed by atoms with van der Waals surface area (Å²) in [6, 6.07) is 5.73. The molecule has 1 heterocycles. The Kier molecular flexibility index (Phi) is 13.0. The van der Waals surface area contributed by atoms with E-state index in [4.69, 9.17) is 10.5 Å². The van der Waals surface area contributed by atoms with Gasteiger partial charge in [0.2, 0.25) is 17.7 Å². The predicted octanol–water partition coefficient (Wildman–Crippen LogP) is 1.72. The largest absolute Gasteiger partial charge is 0.492 e. The van der Waals surface area contributed by atoms with Gasteiger partial charge in [0.15, 0.2) is 0 Å². The number of nitrogens with one attached hydrogen (secondary N) is 4. The van der Waals surface area contributed by atoms with Crippen molar-refractivity contribution in [2.45, 2.75) is 71.0 Å². The van der Waals surface area contributed by atoms with Crippen molar-refractivity contribution in [2.75, 3.05) is 26.2 Å². The number of ether oxygens (including phenoxy) is 1. The predicted molar refractivity (Wildman–Crippen MR) is 142 cm³/mol. The minimum absolute atomic E-state index is 0.155. The lowest BCUT2D eigenvalue weighted by molar-refractivity contribution is -0.133. The Balaban J connectivity index is 2.28. The number of para-hydroxylation sites is 1. The average Bonchev–Trinajstić information content (AvgIpc) is 2.85. The second-order valence-electron chi connectivity index (χ2n) is 9.41. The van der Waals surface area contributed by atoms with Crippen LogP contribution < -0.4 is 31.7 Å². The van der Waals surface area contributed by atoms with Crippen LogP contribution in [0.4, 0.5) is 0 Å². The summed E-state index contributed by atoms with van der Waals surface area (Å²) in [5.41, 5.74) is 6.54. The molecule has 0 saturated carbocycles. The van der Waals surface area contributed by atoms with Crippen molar-refractivity contribution in [1.29, 1.82) is 0 Å². The Morgan fingerprint density at radius 2 is 1.78 bits per heavy atom. The number of amides is 3. The standard InChI is InChI=1S/C27H43N5O4/c1-4-10-22-25(33)30-16-9-12-20-11-5-6-14-23(20)36-18-17-29-21(13-7-8-15-28)26(34)32-24(19(2)3)27(35)31-22/h5-6,9,11-12,14,19,21-22,24,29H,4,7-8,10,13,15-18,28H2,1-3H3,(H,30,33)(H,31,35)(H,32,34)/b12-9+/t21-,22+,24-/m1/s1. The van der Waals surface area contributed by atoms with Gasteiger partial charge in [0.25, 0.3) is 0 Å². The number of hydrogen-bond donors (Lipinski definition) is 5. The second-order valence-corrected chi connectivity index (χ2v) is 9.41. The first kappa shape index (κ1) is 29.3. The fourth-order valence-corrected chi connectivity index (χ4v) is 4.04. The zero-order valence-corrected chi connectivity index (χ0v) is 21.8. The molecule has 9 heteroatoms. The van der Waals surface area contributed by atoms with E-state index in [0.717, 1.165) is 30.6 Å². The summed E-state index contributed by atoms with van der Waals surface area (Å²) in [6.45, 7) is 7.41. The summed E-state index contributed by atoms with van der Waals surface area (Å²) in [5, 5.41) is 11.9. The van der Waals surface area contributed by atoms with Crippen molar-refractivity contribution in [3.63, 3.8) is 0 Å². The molecule has 6 N–H and O–H groups in total. The highest BCUT2D eigenvalue weighted by molar-refractivity contribution is 5.93. The number of hydrogen-bond acceptors (Lipinski definition) is 6. The maximum atomic E-state index is 13.2. The highest BCUT2D eigenvalue weighted by Crippen LogP contribution is 2.19. The quantitative estimate of drug-likeness (QED) is 0.361. The molecule has 0 aliphatic carbocycles. The minimum Gasteiger partial charge on any atom is -0.492 e. The summed E-state index contributed by atoms with van der Waals surface area (Å²) in [7, 11) is 0. The van der Waals surface area contributed by atoms with Crippen molar-refractivity contribution < 1.29 is 19.1 Å². The van der Waals surface area contributed by atoms with Crippen LogP contribution in [0.5, 0.6) is 5.75 Å². The van der Waals surface area contributed by atoms with Crippen LogP contribution in [0.2, 0.25) is 0 Å². The maximum Gasteiger partial charge on any atom is 0.243 e. The maximum absolute atomic E-state index is 13.2. The number of rotatable bonds is 7. The van der Waals surface area contributed by atoms with Crippen molar-refractivity contribution in [2.24, 2.45) is 11.7 Å². The number of carbonyl (C=O) groups is 3. The van der Waals surface area contributed by atoms with Crippen LogP contribution in [0.1, 0.15) is 58.4 Å². The third kappa shape index (κ3) is 9.62. The fraction of sp³-hybridized carbons (Fsp3) is 0.593. The lowest BCUT2D eigenvalue weighted by atomic mass is 10.0. The number of carbonyl (C=O) groups excluding carboxylic acids is 3. The van der Waals surface area contributed by atoms with Gasteiger partial charge in [-0.05, 0) is 37.8 Å². The van der Waals surface area contributed by atoms with Crippen LogP contribution in [0.15, 0.2) is 30.3 Å². The van der Waals surface area contributed by atoms with Gasteiger partial charge in [0, 0.05) is 18.7 Å². The van der Waals surface area contributed by atoms with Crippen LogP contribution in [0.3, 0.4) is 0 Å². The Bertz CT molecular complexity index is 873. The van der Waals surface area contributed by atoms with Gasteiger partial charge in [0.05, 0.1) is 6.04 Å². The second kappa shape index (κ2) is 16.0. The molecule has 2 rings (SSSR count). The van der Waals surface area contributed by atoms with Gasteiger partial charge < -0.3 is 31.7 Å². The van der Waals surface area contributed by atoms with Crippen molar-refractivity contribution in [3.8, 4) is 5.75 Å². The van der Waals surface area contributed by atoms with E-state index in [2.05, 4.69) is 21.3 Å². The molecule has 3 amide bonds. The van der Waals surface area contributed by atoms with Crippen LogP contribution in [0.25, 0.3) is 6.08 Å². The Morgan fingerprint density at radius 1 is 1.00 bits per heavy atom. The molecule has 0 bridgehead atoms. The average molecular weight is 502 g/mol. The van der Waals surface area contributed by atoms with E-state index in [1.165, 1.54) is 0 Å². The summed E-state index contributed by atoms with van der Waals surface area (Å²) in [4.78, 5) is 39.2. The van der Waals surface area contributed by atoms with Crippen LogP contribution in [0, 0.1) is 5.92 Å². The SMILES string of the molecule is CCC[C@@H]1NC(=O)[C@@H](C(C)C)NC(=O)[C@@H](CCCCN)NCCOc2ccccc2/C=C/CNC1=O. The molecule has 9 nitrogen and oxygen atoms in total. The molecule has 3 atom stereocenters. The van der Waals surface area contributed by atoms with E-state index in [1.807, 2.05) is 57.2 Å². The first-order valence-corrected chi connectivity index (χ1v) is 13.1. The third-order valence-electron chi connectivity index (χ3n) is 6.08. The van der Waals surface area contributed by atoms with Gasteiger partial charge in [-0.25, -0.2) is 0 Å². The summed E-state index contributed by atoms with van der Waals surface area (Å²) < 4.78 is 5.97. The topological polar surface area (TPSA) is 135 Å². The highest BCUT2D eigenvalue weighted by Gasteiger charge is 2.30. The van der Waals surface area contributed by atoms with Crippen molar-refractivity contribution in [3.05, 3.63) is 35.9 Å². The summed E-state index contributed by atoms with van der Waals surface area (Å²) in [6.07, 6.45) is 7.17. The highest BCUT2D eigenvalue weighted by atomic mass is 16.5. The number of fused-ring (bicyclic) bond motifs is 1. The molecule has 36 heavy (non-hydrogen) atoms. The van der Waals surface area contributed by atoms with Gasteiger partial charge >= 0.3 is 0 Å². The van der Waals surface area contributed by atoms with Gasteiger partial charge in [-0.15, -0.1) is 0 Å². The van der Waals surface area contributed by atoms with Crippen LogP contribution >= 0.6 is 0 Å². The summed E-state index contributed by atoms with van der Waals surface area (Å²) in [5.74, 6) is -0.292. The first-order valence-electron chi connectivity index (χ1n) is 13.1. The normalized spacial score (nSPS) is 23.4. The van der Waals surface area contributed by atoms with Crippen molar-refractivity contribution >= 4 is 23.8 Å². The minimum atomic E-state index is -0.759. The Labute approximate surface area is 215 Å². The molecule has 0 saturated heterocycles. The number of unbranched alkanes of at least 4 members (excludes halogenated alkanes) is 1. The van der Waals surface area contributed by atoms with E-state index < -0.39 is 18.1 Å². The van der Waals surface area contributed by atoms with Gasteiger partial charge in [-0.1, -0.05) is 64.0 Å². The molecule has 200 valence electrons. The molecule has 1 aromatic carbocycles. The monoisotopic (exact) mass is 501 g/mol.